The van der Waals surface area contributed by atoms with Gasteiger partial charge in [0.2, 0.25) is 0 Å². The average Bonchev–Trinajstić information content (AvgIpc) is 2.25. The molecule has 2 nitrogen and oxygen atoms in total. The topological polar surface area (TPSA) is 44.0 Å². The summed E-state index contributed by atoms with van der Waals surface area (Å²) in [6.45, 7) is 16.3. The highest BCUT2D eigenvalue weighted by Crippen LogP contribution is 2.41. The molecule has 0 aliphatic rings. The molecular weight excluding hydrogens is 246 g/mol. The summed E-state index contributed by atoms with van der Waals surface area (Å²) in [4.78, 5) is 0. The minimum absolute atomic E-state index is 0.161. The van der Waals surface area contributed by atoms with Gasteiger partial charge in [-0.2, -0.15) is 5.26 Å². The van der Waals surface area contributed by atoms with Gasteiger partial charge in [-0.1, -0.05) is 41.5 Å². The fraction of sp³-hybridized carbons (Fsp3) is 0.611. The highest BCUT2D eigenvalue weighted by molar-refractivity contribution is 5.52. The molecule has 0 aliphatic carbocycles. The van der Waals surface area contributed by atoms with Crippen molar-refractivity contribution in [3.63, 3.8) is 0 Å². The van der Waals surface area contributed by atoms with Crippen molar-refractivity contribution in [1.29, 1.82) is 5.26 Å². The third kappa shape index (κ3) is 3.15. The SMILES string of the molecule is CC(C)(C)c1cc(C(C)(C)C#N)cc(C(C)(C)C)c1O. The van der Waals surface area contributed by atoms with Gasteiger partial charge in [0, 0.05) is 0 Å². The zero-order chi connectivity index (χ0) is 15.9. The summed E-state index contributed by atoms with van der Waals surface area (Å²) in [6.07, 6.45) is 0. The van der Waals surface area contributed by atoms with Crippen LogP contribution < -0.4 is 0 Å². The quantitative estimate of drug-likeness (QED) is 0.799. The Kier molecular flexibility index (Phi) is 3.98. The number of nitrogens with zero attached hydrogens (tertiary/aromatic N) is 1. The first-order chi connectivity index (χ1) is 8.80. The zero-order valence-corrected chi connectivity index (χ0v) is 14.0. The number of aromatic hydroxyl groups is 1. The van der Waals surface area contributed by atoms with E-state index in [0.717, 1.165) is 16.7 Å². The molecule has 1 N–H and O–H groups in total. The third-order valence-corrected chi connectivity index (χ3v) is 3.73. The van der Waals surface area contributed by atoms with Crippen LogP contribution in [0.15, 0.2) is 12.1 Å². The van der Waals surface area contributed by atoms with E-state index in [9.17, 15) is 10.4 Å². The van der Waals surface area contributed by atoms with Crippen molar-refractivity contribution < 1.29 is 5.11 Å². The second kappa shape index (κ2) is 4.81. The van der Waals surface area contributed by atoms with Gasteiger partial charge < -0.3 is 5.11 Å². The van der Waals surface area contributed by atoms with Crippen molar-refractivity contribution >= 4 is 0 Å². The lowest BCUT2D eigenvalue weighted by Gasteiger charge is -2.30. The van der Waals surface area contributed by atoms with Gasteiger partial charge in [0.1, 0.15) is 5.75 Å². The lowest BCUT2D eigenvalue weighted by molar-refractivity contribution is 0.421. The fourth-order valence-electron chi connectivity index (χ4n) is 2.20. The number of hydrogen-bond donors (Lipinski definition) is 1. The molecule has 0 saturated heterocycles. The van der Waals surface area contributed by atoms with Gasteiger partial charge in [0.05, 0.1) is 11.5 Å². The summed E-state index contributed by atoms with van der Waals surface area (Å²) in [5, 5.41) is 20.0. The van der Waals surface area contributed by atoms with E-state index in [-0.39, 0.29) is 10.8 Å². The van der Waals surface area contributed by atoms with Gasteiger partial charge in [-0.15, -0.1) is 0 Å². The van der Waals surface area contributed by atoms with E-state index >= 15 is 0 Å². The molecule has 0 saturated carbocycles. The van der Waals surface area contributed by atoms with Crippen molar-refractivity contribution in [1.82, 2.24) is 0 Å². The third-order valence-electron chi connectivity index (χ3n) is 3.73. The van der Waals surface area contributed by atoms with E-state index in [2.05, 4.69) is 47.6 Å². The lowest BCUT2D eigenvalue weighted by Crippen LogP contribution is -2.22. The van der Waals surface area contributed by atoms with Crippen LogP contribution in [-0.2, 0) is 16.2 Å². The number of hydrogen-bond acceptors (Lipinski definition) is 2. The predicted molar refractivity (Wildman–Crippen MR) is 84.1 cm³/mol. The van der Waals surface area contributed by atoms with Crippen molar-refractivity contribution in [2.45, 2.75) is 71.6 Å². The fourth-order valence-corrected chi connectivity index (χ4v) is 2.20. The van der Waals surface area contributed by atoms with Crippen molar-refractivity contribution in [2.24, 2.45) is 0 Å². The maximum atomic E-state index is 10.6. The van der Waals surface area contributed by atoms with Gasteiger partial charge >= 0.3 is 0 Å². The number of rotatable bonds is 1. The first kappa shape index (κ1) is 16.6. The average molecular weight is 273 g/mol. The van der Waals surface area contributed by atoms with Crippen LogP contribution in [-0.4, -0.2) is 5.11 Å². The van der Waals surface area contributed by atoms with E-state index < -0.39 is 5.41 Å². The molecule has 0 spiro atoms. The molecule has 0 heterocycles. The molecule has 20 heavy (non-hydrogen) atoms. The van der Waals surface area contributed by atoms with Gasteiger partial charge in [-0.3, -0.25) is 0 Å². The van der Waals surface area contributed by atoms with Gasteiger partial charge in [0.15, 0.2) is 0 Å². The standard InChI is InChI=1S/C18H27NO/c1-16(2,3)13-9-12(18(7,8)11-19)10-14(15(13)20)17(4,5)6/h9-10,20H,1-8H3. The molecule has 1 rings (SSSR count). The van der Waals surface area contributed by atoms with Crippen molar-refractivity contribution in [2.75, 3.05) is 0 Å². The number of phenolic OH excluding ortho intramolecular Hbond substituents is 1. The monoisotopic (exact) mass is 273 g/mol. The highest BCUT2D eigenvalue weighted by Gasteiger charge is 2.30. The van der Waals surface area contributed by atoms with Crippen LogP contribution in [0.5, 0.6) is 5.75 Å². The minimum atomic E-state index is -0.562. The van der Waals surface area contributed by atoms with Gasteiger partial charge in [0.25, 0.3) is 0 Å². The molecular formula is C18H27NO. The summed E-state index contributed by atoms with van der Waals surface area (Å²) in [5.41, 5.74) is 1.89. The molecule has 0 unspecified atom stereocenters. The minimum Gasteiger partial charge on any atom is -0.507 e. The molecule has 0 amide bonds. The van der Waals surface area contributed by atoms with E-state index in [1.54, 1.807) is 0 Å². The Bertz CT molecular complexity index is 513. The maximum Gasteiger partial charge on any atom is 0.123 e. The van der Waals surface area contributed by atoms with Crippen LogP contribution in [0.1, 0.15) is 72.1 Å². The van der Waals surface area contributed by atoms with Crippen molar-refractivity contribution in [3.8, 4) is 11.8 Å². The van der Waals surface area contributed by atoms with Crippen LogP contribution in [0.2, 0.25) is 0 Å². The molecule has 1 aromatic rings. The second-order valence-corrected chi connectivity index (χ2v) is 8.16. The molecule has 0 bridgehead atoms. The van der Waals surface area contributed by atoms with Gasteiger partial charge in [-0.05, 0) is 53.5 Å². The Labute approximate surface area is 123 Å². The number of nitriles is 1. The van der Waals surface area contributed by atoms with E-state index in [0.29, 0.717) is 5.75 Å². The van der Waals surface area contributed by atoms with Gasteiger partial charge in [-0.25, -0.2) is 0 Å². The molecule has 0 aromatic heterocycles. The van der Waals surface area contributed by atoms with E-state index in [1.165, 1.54) is 0 Å². The predicted octanol–water partition coefficient (Wildman–Crippen LogP) is 4.79. The Morgan fingerprint density at radius 2 is 1.20 bits per heavy atom. The molecule has 2 heteroatoms. The van der Waals surface area contributed by atoms with Crippen molar-refractivity contribution in [3.05, 3.63) is 28.8 Å². The molecule has 0 radical (unpaired) electrons. The molecule has 0 fully saturated rings. The van der Waals surface area contributed by atoms with Crippen LogP contribution in [0, 0.1) is 11.3 Å². The van der Waals surface area contributed by atoms with Crippen LogP contribution in [0.3, 0.4) is 0 Å². The molecule has 0 aliphatic heterocycles. The van der Waals surface area contributed by atoms with E-state index in [1.807, 2.05) is 26.0 Å². The first-order valence-corrected chi connectivity index (χ1v) is 7.10. The largest absolute Gasteiger partial charge is 0.507 e. The van der Waals surface area contributed by atoms with Crippen LogP contribution in [0.25, 0.3) is 0 Å². The van der Waals surface area contributed by atoms with E-state index in [4.69, 9.17) is 0 Å². The maximum absolute atomic E-state index is 10.6. The Balaban J connectivity index is 3.74. The highest BCUT2D eigenvalue weighted by atomic mass is 16.3. The summed E-state index contributed by atoms with van der Waals surface area (Å²) in [6, 6.07) is 6.31. The second-order valence-electron chi connectivity index (χ2n) is 8.16. The molecule has 0 atom stereocenters. The van der Waals surface area contributed by atoms with Crippen LogP contribution in [0.4, 0.5) is 0 Å². The number of phenols is 1. The Morgan fingerprint density at radius 1 is 0.850 bits per heavy atom. The smallest absolute Gasteiger partial charge is 0.123 e. The summed E-state index contributed by atoms with van der Waals surface area (Å²) >= 11 is 0. The van der Waals surface area contributed by atoms with Crippen LogP contribution >= 0.6 is 0 Å². The summed E-state index contributed by atoms with van der Waals surface area (Å²) in [7, 11) is 0. The Morgan fingerprint density at radius 3 is 1.45 bits per heavy atom. The summed E-state index contributed by atoms with van der Waals surface area (Å²) < 4.78 is 0. The summed E-state index contributed by atoms with van der Waals surface area (Å²) in [5.74, 6) is 0.363. The zero-order valence-electron chi connectivity index (χ0n) is 14.0. The first-order valence-electron chi connectivity index (χ1n) is 7.10. The Hall–Kier alpha value is -1.49. The lowest BCUT2D eigenvalue weighted by atomic mass is 9.74. The molecule has 110 valence electrons. The number of benzene rings is 1. The normalized spacial score (nSPS) is 13.2. The molecule has 1 aromatic carbocycles.